The van der Waals surface area contributed by atoms with Crippen molar-refractivity contribution in [2.24, 2.45) is 17.6 Å². The molecule has 0 bridgehead atoms. The second kappa shape index (κ2) is 7.46. The van der Waals surface area contributed by atoms with E-state index in [0.29, 0.717) is 18.5 Å². The van der Waals surface area contributed by atoms with Crippen LogP contribution in [0.2, 0.25) is 0 Å². The van der Waals surface area contributed by atoms with Crippen molar-refractivity contribution in [1.82, 2.24) is 5.32 Å². The number of allylic oxidation sites excluding steroid dienone is 2. The highest BCUT2D eigenvalue weighted by Gasteiger charge is 2.59. The Morgan fingerprint density at radius 3 is 2.53 bits per heavy atom. The number of aliphatic hydroxyl groups excluding tert-OH is 2. The van der Waals surface area contributed by atoms with Crippen molar-refractivity contribution in [3.8, 4) is 5.75 Å². The van der Waals surface area contributed by atoms with Crippen molar-refractivity contribution in [2.45, 2.75) is 51.3 Å². The quantitative estimate of drug-likeness (QED) is 0.376. The van der Waals surface area contributed by atoms with E-state index in [0.717, 1.165) is 5.56 Å². The number of phenols is 1. The number of primary amides is 1. The van der Waals surface area contributed by atoms with Crippen LogP contribution >= 0.6 is 0 Å². The van der Waals surface area contributed by atoms with Crippen molar-refractivity contribution >= 4 is 17.5 Å². The molecule has 9 heteroatoms. The molecule has 32 heavy (non-hydrogen) atoms. The summed E-state index contributed by atoms with van der Waals surface area (Å²) in [5.74, 6) is -6.20. The van der Waals surface area contributed by atoms with Gasteiger partial charge in [0.2, 0.25) is 5.78 Å². The van der Waals surface area contributed by atoms with Crippen LogP contribution in [0, 0.1) is 11.8 Å². The number of rotatable bonds is 4. The van der Waals surface area contributed by atoms with E-state index < -0.39 is 52.0 Å². The number of hydrogen-bond acceptors (Lipinski definition) is 8. The van der Waals surface area contributed by atoms with Gasteiger partial charge in [0.25, 0.3) is 5.91 Å². The predicted octanol–water partition coefficient (Wildman–Crippen LogP) is 1.08. The first-order valence-corrected chi connectivity index (χ1v) is 10.5. The molecule has 0 heterocycles. The summed E-state index contributed by atoms with van der Waals surface area (Å²) in [5.41, 5.74) is 3.23. The van der Waals surface area contributed by atoms with Crippen LogP contribution in [0.5, 0.6) is 5.75 Å². The molecule has 1 unspecified atom stereocenters. The average Bonchev–Trinajstić information content (AvgIpc) is 2.69. The van der Waals surface area contributed by atoms with Gasteiger partial charge in [0.05, 0.1) is 5.56 Å². The molecule has 1 aromatic carbocycles. The smallest absolute Gasteiger partial charge is 0.255 e. The number of fused-ring (bicyclic) bond motifs is 3. The molecule has 0 spiro atoms. The minimum atomic E-state index is -2.54. The highest BCUT2D eigenvalue weighted by molar-refractivity contribution is 6.24. The molecule has 3 aliphatic carbocycles. The number of benzene rings is 1. The Hall–Kier alpha value is -3.17. The van der Waals surface area contributed by atoms with Crippen LogP contribution in [-0.2, 0) is 22.6 Å². The topological polar surface area (TPSA) is 170 Å². The van der Waals surface area contributed by atoms with Gasteiger partial charge in [0.1, 0.15) is 22.8 Å². The summed E-state index contributed by atoms with van der Waals surface area (Å²) in [6, 6.07) is 3.34. The molecule has 3 aliphatic rings. The summed E-state index contributed by atoms with van der Waals surface area (Å²) in [6.07, 6.45) is 0.185. The van der Waals surface area contributed by atoms with E-state index in [2.05, 4.69) is 5.32 Å². The average molecular weight is 442 g/mol. The van der Waals surface area contributed by atoms with Gasteiger partial charge in [-0.15, -0.1) is 0 Å². The molecule has 0 fully saturated rings. The number of amides is 1. The Morgan fingerprint density at radius 1 is 1.22 bits per heavy atom. The minimum absolute atomic E-state index is 0.0321. The van der Waals surface area contributed by atoms with Gasteiger partial charge in [0.15, 0.2) is 11.4 Å². The summed E-state index contributed by atoms with van der Waals surface area (Å²) in [5, 5.41) is 46.1. The van der Waals surface area contributed by atoms with E-state index in [1.807, 2.05) is 13.8 Å². The fourth-order valence-electron chi connectivity index (χ4n) is 5.16. The summed E-state index contributed by atoms with van der Waals surface area (Å²) in [6.45, 7) is 4.45. The van der Waals surface area contributed by atoms with Crippen LogP contribution in [0.15, 0.2) is 34.8 Å². The van der Waals surface area contributed by atoms with Gasteiger partial charge in [-0.1, -0.05) is 19.9 Å². The molecule has 0 aromatic heterocycles. The maximum atomic E-state index is 13.4. The Labute approximate surface area is 184 Å². The molecule has 170 valence electrons. The lowest BCUT2D eigenvalue weighted by Gasteiger charge is -2.45. The zero-order valence-electron chi connectivity index (χ0n) is 17.8. The number of carbonyl (C=O) groups excluding carboxylic acids is 3. The molecule has 0 radical (unpaired) electrons. The fraction of sp³-hybridized carbons (Fsp3) is 0.435. The highest BCUT2D eigenvalue weighted by Crippen LogP contribution is 2.51. The second-order valence-corrected chi connectivity index (χ2v) is 9.04. The maximum Gasteiger partial charge on any atom is 0.255 e. The van der Waals surface area contributed by atoms with Crippen molar-refractivity contribution in [3.63, 3.8) is 0 Å². The number of ketones is 2. The molecule has 7 N–H and O–H groups in total. The van der Waals surface area contributed by atoms with Crippen LogP contribution in [-0.4, -0.2) is 49.5 Å². The summed E-state index contributed by atoms with van der Waals surface area (Å²) in [4.78, 5) is 38.0. The van der Waals surface area contributed by atoms with Gasteiger partial charge in [-0.3, -0.25) is 14.4 Å². The standard InChI is InChI=1S/C23H26N2O7/c1-9(2)25-8-10-3-4-14(26)17-13(10)6-11-5-12-7-15(27)18(22(24)31)21(30)23(12,32)20(29)16(11)19(17)28/h3-4,9,11-12,25-27,29,32H,5-8H2,1-2H3,(H2,24,31)/t11?,12-,23-/m0/s1. The van der Waals surface area contributed by atoms with E-state index in [4.69, 9.17) is 5.73 Å². The predicted molar refractivity (Wildman–Crippen MR) is 113 cm³/mol. The largest absolute Gasteiger partial charge is 0.511 e. The zero-order valence-corrected chi connectivity index (χ0v) is 17.8. The highest BCUT2D eigenvalue weighted by atomic mass is 16.3. The number of hydrogen-bond donors (Lipinski definition) is 6. The molecule has 4 rings (SSSR count). The van der Waals surface area contributed by atoms with Crippen LogP contribution in [0.1, 0.15) is 48.2 Å². The molecule has 0 saturated heterocycles. The molecule has 3 atom stereocenters. The van der Waals surface area contributed by atoms with Crippen molar-refractivity contribution in [2.75, 3.05) is 0 Å². The third kappa shape index (κ3) is 3.03. The number of phenolic OH excluding ortho intramolecular Hbond substituents is 1. The van der Waals surface area contributed by atoms with Crippen molar-refractivity contribution in [1.29, 1.82) is 0 Å². The van der Waals surface area contributed by atoms with E-state index >= 15 is 0 Å². The van der Waals surface area contributed by atoms with E-state index in [9.17, 15) is 34.8 Å². The Balaban J connectivity index is 1.84. The molecule has 1 aromatic rings. The second-order valence-electron chi connectivity index (χ2n) is 9.04. The number of Topliss-reactive ketones (excluding diaryl/α,β-unsaturated/α-hetero) is 2. The fourth-order valence-corrected chi connectivity index (χ4v) is 5.16. The first-order chi connectivity index (χ1) is 15.0. The zero-order chi connectivity index (χ0) is 23.5. The summed E-state index contributed by atoms with van der Waals surface area (Å²) < 4.78 is 0. The number of nitrogens with two attached hydrogens (primary N) is 1. The SMILES string of the molecule is CC(C)NCc1ccc(O)c2c1CC1C[C@H]3CC(O)=C(C(N)=O)C(=O)[C@@]3(O)C(O)=C1C2=O. The van der Waals surface area contributed by atoms with Gasteiger partial charge in [0, 0.05) is 30.5 Å². The van der Waals surface area contributed by atoms with Gasteiger partial charge in [-0.2, -0.15) is 0 Å². The monoisotopic (exact) mass is 442 g/mol. The number of aliphatic hydroxyl groups is 3. The van der Waals surface area contributed by atoms with Gasteiger partial charge in [-0.05, 0) is 36.0 Å². The summed E-state index contributed by atoms with van der Waals surface area (Å²) >= 11 is 0. The number of aromatic hydroxyl groups is 1. The lowest BCUT2D eigenvalue weighted by Crippen LogP contribution is -2.57. The van der Waals surface area contributed by atoms with Gasteiger partial charge < -0.3 is 31.5 Å². The van der Waals surface area contributed by atoms with Crippen LogP contribution in [0.3, 0.4) is 0 Å². The summed E-state index contributed by atoms with van der Waals surface area (Å²) in [7, 11) is 0. The first kappa shape index (κ1) is 22.0. The lowest BCUT2D eigenvalue weighted by molar-refractivity contribution is -0.144. The van der Waals surface area contributed by atoms with Gasteiger partial charge in [-0.25, -0.2) is 0 Å². The van der Waals surface area contributed by atoms with E-state index in [-0.39, 0.29) is 35.8 Å². The Kier molecular flexibility index (Phi) is 5.14. The van der Waals surface area contributed by atoms with Crippen LogP contribution in [0.25, 0.3) is 0 Å². The Bertz CT molecular complexity index is 1120. The molecule has 0 aliphatic heterocycles. The molecular formula is C23H26N2O7. The van der Waals surface area contributed by atoms with E-state index in [1.54, 1.807) is 6.07 Å². The number of carbonyl (C=O) groups is 3. The van der Waals surface area contributed by atoms with Gasteiger partial charge >= 0.3 is 0 Å². The molecule has 0 saturated carbocycles. The maximum absolute atomic E-state index is 13.4. The first-order valence-electron chi connectivity index (χ1n) is 10.5. The molecular weight excluding hydrogens is 416 g/mol. The molecule has 9 nitrogen and oxygen atoms in total. The van der Waals surface area contributed by atoms with Crippen molar-refractivity contribution < 1.29 is 34.8 Å². The number of nitrogens with one attached hydrogen (secondary N) is 1. The Morgan fingerprint density at radius 2 is 1.91 bits per heavy atom. The molecule has 1 amide bonds. The van der Waals surface area contributed by atoms with E-state index in [1.165, 1.54) is 6.07 Å². The minimum Gasteiger partial charge on any atom is -0.511 e. The third-order valence-corrected chi connectivity index (χ3v) is 6.74. The van der Waals surface area contributed by atoms with Crippen LogP contribution in [0.4, 0.5) is 0 Å². The third-order valence-electron chi connectivity index (χ3n) is 6.74. The lowest BCUT2D eigenvalue weighted by atomic mass is 9.60. The normalized spacial score (nSPS) is 27.4. The van der Waals surface area contributed by atoms with Crippen molar-refractivity contribution in [3.05, 3.63) is 51.5 Å². The van der Waals surface area contributed by atoms with Crippen LogP contribution < -0.4 is 11.1 Å².